The molecule has 0 saturated carbocycles. The standard InChI is InChI=1S/C41H51F2N7O8/c1-23-10-12-28(13-11-23)45-40(57)47-29(18-25-16-26(42)19-27(43)17-25)34(51)46-30-21-58-39(56)33-20-41(3,4)22-50(33)36(53)24(2)44-35(52)31-8-5-6-14-48(31)38(55)32-9-7-15-49(32)37(30)54/h10-13,16-17,19,24,29-33H,5-9,14-15,18,20-22H2,1-4H3,(H,44,52)(H,46,51)(H2,45,47,57)/t24-,29-,30-,31-,32-,33-/m0/s1. The summed E-state index contributed by atoms with van der Waals surface area (Å²) in [6.07, 6.45) is 2.16. The zero-order chi connectivity index (χ0) is 41.9. The van der Waals surface area contributed by atoms with Gasteiger partial charge in [0.1, 0.15) is 54.5 Å². The Balaban J connectivity index is 1.32. The van der Waals surface area contributed by atoms with Gasteiger partial charge in [-0.25, -0.2) is 18.4 Å². The first-order valence-electron chi connectivity index (χ1n) is 19.8. The van der Waals surface area contributed by atoms with E-state index in [0.717, 1.165) is 17.7 Å². The highest BCUT2D eigenvalue weighted by Gasteiger charge is 2.48. The normalized spacial score (nSPS) is 25.9. The Labute approximate surface area is 335 Å². The number of halogens is 2. The number of nitrogens with one attached hydrogen (secondary N) is 4. The van der Waals surface area contributed by atoms with E-state index in [4.69, 9.17) is 4.74 Å². The van der Waals surface area contributed by atoms with Gasteiger partial charge in [0, 0.05) is 37.8 Å². The highest BCUT2D eigenvalue weighted by atomic mass is 19.1. The second-order valence-corrected chi connectivity index (χ2v) is 16.5. The number of fused-ring (bicyclic) bond motifs is 3. The van der Waals surface area contributed by atoms with Crippen LogP contribution < -0.4 is 21.3 Å². The van der Waals surface area contributed by atoms with Crippen LogP contribution in [0.25, 0.3) is 0 Å². The molecule has 0 unspecified atom stereocenters. The van der Waals surface area contributed by atoms with Crippen LogP contribution in [0.1, 0.15) is 70.4 Å². The predicted octanol–water partition coefficient (Wildman–Crippen LogP) is 2.55. The summed E-state index contributed by atoms with van der Waals surface area (Å²) in [5.74, 6) is -5.85. The molecule has 312 valence electrons. The molecule has 2 aromatic rings. The van der Waals surface area contributed by atoms with Gasteiger partial charge in [-0.15, -0.1) is 0 Å². The van der Waals surface area contributed by atoms with E-state index in [0.29, 0.717) is 37.4 Å². The number of rotatable bonds is 6. The maximum absolute atomic E-state index is 14.5. The molecule has 0 spiro atoms. The van der Waals surface area contributed by atoms with Gasteiger partial charge in [0.2, 0.25) is 29.5 Å². The third-order valence-electron chi connectivity index (χ3n) is 11.2. The van der Waals surface area contributed by atoms with Crippen molar-refractivity contribution in [3.05, 3.63) is 65.2 Å². The number of piperidine rings is 1. The van der Waals surface area contributed by atoms with E-state index in [2.05, 4.69) is 21.3 Å². The third kappa shape index (κ3) is 9.73. The molecule has 4 heterocycles. The molecule has 4 aliphatic heterocycles. The van der Waals surface area contributed by atoms with Crippen LogP contribution in [0.5, 0.6) is 0 Å². The molecule has 0 aromatic heterocycles. The van der Waals surface area contributed by atoms with Crippen LogP contribution in [0.3, 0.4) is 0 Å². The van der Waals surface area contributed by atoms with Crippen molar-refractivity contribution in [1.29, 1.82) is 0 Å². The molecule has 4 fully saturated rings. The largest absolute Gasteiger partial charge is 0.461 e. The molecular formula is C41H51F2N7O8. The smallest absolute Gasteiger partial charge is 0.328 e. The first-order chi connectivity index (χ1) is 27.5. The lowest BCUT2D eigenvalue weighted by Crippen LogP contribution is -2.62. The van der Waals surface area contributed by atoms with Crippen molar-refractivity contribution in [3.8, 4) is 0 Å². The van der Waals surface area contributed by atoms with Crippen LogP contribution in [0.2, 0.25) is 0 Å². The van der Waals surface area contributed by atoms with Crippen LogP contribution in [0.4, 0.5) is 19.3 Å². The summed E-state index contributed by atoms with van der Waals surface area (Å²) >= 11 is 0. The Morgan fingerprint density at radius 3 is 2.22 bits per heavy atom. The summed E-state index contributed by atoms with van der Waals surface area (Å²) in [5, 5.41) is 10.5. The number of hydrogen-bond donors (Lipinski definition) is 4. The fourth-order valence-electron chi connectivity index (χ4n) is 8.32. The van der Waals surface area contributed by atoms with Gasteiger partial charge in [0.25, 0.3) is 0 Å². The van der Waals surface area contributed by atoms with E-state index in [1.807, 2.05) is 20.8 Å². The number of carbonyl (C=O) groups is 7. The van der Waals surface area contributed by atoms with Crippen molar-refractivity contribution in [2.45, 2.75) is 109 Å². The minimum atomic E-state index is -1.59. The van der Waals surface area contributed by atoms with Crippen molar-refractivity contribution >= 4 is 47.2 Å². The van der Waals surface area contributed by atoms with Gasteiger partial charge in [0.05, 0.1) is 0 Å². The highest BCUT2D eigenvalue weighted by Crippen LogP contribution is 2.35. The number of urea groups is 1. The topological polar surface area (TPSA) is 187 Å². The third-order valence-corrected chi connectivity index (χ3v) is 11.2. The molecule has 6 rings (SSSR count). The van der Waals surface area contributed by atoms with Crippen LogP contribution >= 0.6 is 0 Å². The number of hydrogen-bond acceptors (Lipinski definition) is 8. The number of carbonyl (C=O) groups excluding carboxylic acids is 7. The molecule has 4 aliphatic rings. The molecule has 0 bridgehead atoms. The van der Waals surface area contributed by atoms with E-state index in [1.165, 1.54) is 21.6 Å². The average Bonchev–Trinajstić information content (AvgIpc) is 3.79. The van der Waals surface area contributed by atoms with E-state index in [1.54, 1.807) is 24.3 Å². The minimum absolute atomic E-state index is 0.0252. The maximum atomic E-state index is 14.5. The number of ether oxygens (including phenoxy) is 1. The van der Waals surface area contributed by atoms with Crippen molar-refractivity contribution in [2.24, 2.45) is 5.41 Å². The lowest BCUT2D eigenvalue weighted by Gasteiger charge is -2.39. The van der Waals surface area contributed by atoms with Gasteiger partial charge in [-0.05, 0) is 87.6 Å². The Morgan fingerprint density at radius 1 is 0.862 bits per heavy atom. The van der Waals surface area contributed by atoms with Gasteiger partial charge in [0.15, 0.2) is 0 Å². The maximum Gasteiger partial charge on any atom is 0.328 e. The van der Waals surface area contributed by atoms with Crippen LogP contribution in [-0.2, 0) is 39.9 Å². The number of benzene rings is 2. The molecule has 0 radical (unpaired) electrons. The fourth-order valence-corrected chi connectivity index (χ4v) is 8.32. The molecule has 15 nitrogen and oxygen atoms in total. The van der Waals surface area contributed by atoms with E-state index in [-0.39, 0.29) is 38.0 Å². The summed E-state index contributed by atoms with van der Waals surface area (Å²) in [6, 6.07) is 1.56. The Kier molecular flexibility index (Phi) is 12.7. The van der Waals surface area contributed by atoms with Crippen LogP contribution in [0.15, 0.2) is 42.5 Å². The molecule has 4 saturated heterocycles. The fraction of sp³-hybridized carbons (Fsp3) is 0.537. The molecule has 4 N–H and O–H groups in total. The Hall–Kier alpha value is -5.61. The lowest BCUT2D eigenvalue weighted by molar-refractivity contribution is -0.158. The number of amides is 7. The predicted molar refractivity (Wildman–Crippen MR) is 206 cm³/mol. The second-order valence-electron chi connectivity index (χ2n) is 16.5. The zero-order valence-electron chi connectivity index (χ0n) is 33.1. The van der Waals surface area contributed by atoms with Gasteiger partial charge in [-0.1, -0.05) is 31.5 Å². The van der Waals surface area contributed by atoms with Crippen LogP contribution in [0, 0.1) is 24.0 Å². The zero-order valence-corrected chi connectivity index (χ0v) is 33.1. The number of esters is 1. The molecular weight excluding hydrogens is 756 g/mol. The minimum Gasteiger partial charge on any atom is -0.461 e. The SMILES string of the molecule is Cc1ccc(NC(=O)N[C@@H](Cc2cc(F)cc(F)c2)C(=O)N[C@H]2COC(=O)[C@@H]3CC(C)(C)CN3C(=O)[C@H](C)NC(=O)[C@@H]3CCCCN3C(=O)[C@@H]3CCCN3C2=O)cc1. The Bertz CT molecular complexity index is 1920. The van der Waals surface area contributed by atoms with Gasteiger partial charge < -0.3 is 40.7 Å². The molecule has 7 amide bonds. The molecule has 6 atom stereocenters. The second kappa shape index (κ2) is 17.5. The van der Waals surface area contributed by atoms with Gasteiger partial charge in [-0.2, -0.15) is 0 Å². The molecule has 2 aromatic carbocycles. The van der Waals surface area contributed by atoms with Gasteiger partial charge in [-0.3, -0.25) is 24.0 Å². The quantitative estimate of drug-likeness (QED) is 0.321. The van der Waals surface area contributed by atoms with Crippen molar-refractivity contribution in [2.75, 3.05) is 31.6 Å². The highest BCUT2D eigenvalue weighted by molar-refractivity contribution is 5.98. The van der Waals surface area contributed by atoms with E-state index >= 15 is 0 Å². The number of anilines is 1. The number of nitrogens with zero attached hydrogens (tertiary/aromatic N) is 3. The first kappa shape index (κ1) is 42.0. The summed E-state index contributed by atoms with van der Waals surface area (Å²) in [6.45, 7) is 7.01. The number of aryl methyl sites for hydroxylation is 1. The van der Waals surface area contributed by atoms with E-state index in [9.17, 15) is 42.3 Å². The summed E-state index contributed by atoms with van der Waals surface area (Å²) in [5.41, 5.74) is 0.842. The van der Waals surface area contributed by atoms with E-state index < -0.39 is 108 Å². The monoisotopic (exact) mass is 807 g/mol. The summed E-state index contributed by atoms with van der Waals surface area (Å²) in [7, 11) is 0. The van der Waals surface area contributed by atoms with Crippen molar-refractivity contribution < 1.29 is 47.1 Å². The molecule has 17 heteroatoms. The van der Waals surface area contributed by atoms with Gasteiger partial charge >= 0.3 is 12.0 Å². The average molecular weight is 808 g/mol. The summed E-state index contributed by atoms with van der Waals surface area (Å²) < 4.78 is 34.3. The van der Waals surface area contributed by atoms with Crippen molar-refractivity contribution in [1.82, 2.24) is 30.7 Å². The molecule has 0 aliphatic carbocycles. The summed E-state index contributed by atoms with van der Waals surface area (Å²) in [4.78, 5) is 102. The van der Waals surface area contributed by atoms with Crippen LogP contribution in [-0.4, -0.2) is 119 Å². The van der Waals surface area contributed by atoms with Crippen molar-refractivity contribution in [3.63, 3.8) is 0 Å². The number of cyclic esters (lactones) is 1. The lowest BCUT2D eigenvalue weighted by atomic mass is 9.91. The molecule has 58 heavy (non-hydrogen) atoms. The first-order valence-corrected chi connectivity index (χ1v) is 19.8. The Morgan fingerprint density at radius 2 is 1.52 bits per heavy atom.